The van der Waals surface area contributed by atoms with Crippen LogP contribution in [0, 0.1) is 0 Å². The fourth-order valence-electron chi connectivity index (χ4n) is 1.72. The van der Waals surface area contributed by atoms with Crippen LogP contribution in [0.4, 0.5) is 0 Å². The molecule has 1 atom stereocenters. The number of likely N-dealkylation sites (tertiary alicyclic amines) is 1. The van der Waals surface area contributed by atoms with Crippen LogP contribution >= 0.6 is 35.5 Å². The molecule has 1 aliphatic heterocycles. The van der Waals surface area contributed by atoms with Gasteiger partial charge in [0.05, 0.1) is 11.8 Å². The van der Waals surface area contributed by atoms with Gasteiger partial charge in [-0.1, -0.05) is 6.07 Å². The Morgan fingerprint density at radius 2 is 2.28 bits per heavy atom. The lowest BCUT2D eigenvalue weighted by Crippen LogP contribution is -2.30. The molecule has 2 N–H and O–H groups in total. The molecule has 0 spiro atoms. The maximum absolute atomic E-state index is 12.0. The van der Waals surface area contributed by atoms with E-state index in [1.54, 1.807) is 11.3 Å². The zero-order chi connectivity index (χ0) is 12.3. The quantitative estimate of drug-likeness (QED) is 0.837. The average Bonchev–Trinajstić information content (AvgIpc) is 2.90. The summed E-state index contributed by atoms with van der Waals surface area (Å²) in [6.07, 6.45) is 0.314. The number of amides is 2. The van der Waals surface area contributed by atoms with Crippen LogP contribution in [0.5, 0.6) is 0 Å². The Kier molecular flexibility index (Phi) is 6.14. The van der Waals surface area contributed by atoms with Gasteiger partial charge >= 0.3 is 0 Å². The second-order valence-electron chi connectivity index (χ2n) is 3.75. The third kappa shape index (κ3) is 3.47. The molecule has 2 rings (SSSR count). The lowest BCUT2D eigenvalue weighted by molar-refractivity contribution is -0.138. The van der Waals surface area contributed by atoms with Crippen LogP contribution < -0.4 is 5.73 Å². The minimum atomic E-state index is -0.231. The number of carbonyl (C=O) groups is 2. The van der Waals surface area contributed by atoms with Crippen molar-refractivity contribution in [3.05, 3.63) is 22.4 Å². The van der Waals surface area contributed by atoms with Crippen molar-refractivity contribution >= 4 is 47.3 Å². The molecule has 0 bridgehead atoms. The van der Waals surface area contributed by atoms with E-state index >= 15 is 0 Å². The smallest absolute Gasteiger partial charge is 0.243 e. The molecule has 0 saturated carbocycles. The summed E-state index contributed by atoms with van der Waals surface area (Å²) in [4.78, 5) is 26.1. The summed E-state index contributed by atoms with van der Waals surface area (Å²) in [6.45, 7) is 0.947. The van der Waals surface area contributed by atoms with Crippen molar-refractivity contribution in [1.29, 1.82) is 0 Å². The van der Waals surface area contributed by atoms with Crippen molar-refractivity contribution in [2.24, 2.45) is 5.73 Å². The fraction of sp³-hybridized carbons (Fsp3) is 0.455. The maximum Gasteiger partial charge on any atom is 0.243 e. The number of thioether (sulfide) groups is 1. The SMILES string of the molecule is Cl.NCCSC1CC(=O)N(Cc2cccs2)C1=O. The first kappa shape index (κ1) is 15.5. The average molecular weight is 307 g/mol. The van der Waals surface area contributed by atoms with E-state index in [0.717, 1.165) is 10.6 Å². The van der Waals surface area contributed by atoms with Gasteiger partial charge in [-0.25, -0.2) is 0 Å². The summed E-state index contributed by atoms with van der Waals surface area (Å²) in [5.74, 6) is 0.580. The molecule has 0 radical (unpaired) electrons. The van der Waals surface area contributed by atoms with Gasteiger partial charge in [-0.3, -0.25) is 14.5 Å². The lowest BCUT2D eigenvalue weighted by atomic mass is 10.4. The van der Waals surface area contributed by atoms with Crippen molar-refractivity contribution in [1.82, 2.24) is 4.90 Å². The molecule has 1 saturated heterocycles. The highest BCUT2D eigenvalue weighted by molar-refractivity contribution is 8.00. The van der Waals surface area contributed by atoms with Gasteiger partial charge in [0.15, 0.2) is 0 Å². The monoisotopic (exact) mass is 306 g/mol. The number of hydrogen-bond acceptors (Lipinski definition) is 5. The van der Waals surface area contributed by atoms with E-state index in [0.29, 0.717) is 19.5 Å². The van der Waals surface area contributed by atoms with Crippen molar-refractivity contribution < 1.29 is 9.59 Å². The maximum atomic E-state index is 12.0. The van der Waals surface area contributed by atoms with Gasteiger partial charge in [0.2, 0.25) is 11.8 Å². The molecule has 7 heteroatoms. The van der Waals surface area contributed by atoms with Crippen molar-refractivity contribution in [2.75, 3.05) is 12.3 Å². The van der Waals surface area contributed by atoms with Crippen molar-refractivity contribution in [3.63, 3.8) is 0 Å². The first-order valence-corrected chi connectivity index (χ1v) is 7.33. The Labute approximate surface area is 120 Å². The number of nitrogens with zero attached hydrogens (tertiary/aromatic N) is 1. The summed E-state index contributed by atoms with van der Waals surface area (Å²) in [5, 5.41) is 1.71. The number of thiophene rings is 1. The van der Waals surface area contributed by atoms with E-state index in [1.807, 2.05) is 17.5 Å². The first-order chi connectivity index (χ1) is 8.22. The largest absolute Gasteiger partial charge is 0.330 e. The van der Waals surface area contributed by atoms with Gasteiger partial charge in [0.1, 0.15) is 0 Å². The van der Waals surface area contributed by atoms with E-state index in [4.69, 9.17) is 5.73 Å². The predicted octanol–water partition coefficient (Wildman–Crippen LogP) is 1.49. The van der Waals surface area contributed by atoms with Gasteiger partial charge in [-0.15, -0.1) is 35.5 Å². The molecule has 1 fully saturated rings. The van der Waals surface area contributed by atoms with E-state index < -0.39 is 0 Å². The lowest BCUT2D eigenvalue weighted by Gasteiger charge is -2.13. The normalized spacial score (nSPS) is 19.2. The van der Waals surface area contributed by atoms with Gasteiger partial charge in [0.25, 0.3) is 0 Å². The molecule has 0 aliphatic carbocycles. The van der Waals surface area contributed by atoms with E-state index in [2.05, 4.69) is 0 Å². The van der Waals surface area contributed by atoms with Gasteiger partial charge < -0.3 is 5.73 Å². The van der Waals surface area contributed by atoms with E-state index in [1.165, 1.54) is 16.7 Å². The Morgan fingerprint density at radius 3 is 2.89 bits per heavy atom. The van der Waals surface area contributed by atoms with E-state index in [9.17, 15) is 9.59 Å². The highest BCUT2D eigenvalue weighted by Gasteiger charge is 2.38. The molecule has 1 aliphatic rings. The van der Waals surface area contributed by atoms with Gasteiger partial charge in [-0.05, 0) is 11.4 Å². The zero-order valence-electron chi connectivity index (χ0n) is 9.70. The van der Waals surface area contributed by atoms with Crippen LogP contribution in [-0.2, 0) is 16.1 Å². The summed E-state index contributed by atoms with van der Waals surface area (Å²) in [6, 6.07) is 3.86. The van der Waals surface area contributed by atoms with Crippen LogP contribution in [0.25, 0.3) is 0 Å². The van der Waals surface area contributed by atoms with E-state index in [-0.39, 0.29) is 29.5 Å². The molecule has 1 unspecified atom stereocenters. The van der Waals surface area contributed by atoms with Crippen LogP contribution in [0.1, 0.15) is 11.3 Å². The predicted molar refractivity (Wildman–Crippen MR) is 77.0 cm³/mol. The Bertz CT molecular complexity index is 411. The third-order valence-electron chi connectivity index (χ3n) is 2.53. The Hall–Kier alpha value is -0.560. The topological polar surface area (TPSA) is 63.4 Å². The number of rotatable bonds is 5. The summed E-state index contributed by atoms with van der Waals surface area (Å²) in [7, 11) is 0. The molecule has 2 heterocycles. The Balaban J connectivity index is 0.00000162. The van der Waals surface area contributed by atoms with Gasteiger partial charge in [0, 0.05) is 23.6 Å². The molecular weight excluding hydrogens is 292 g/mol. The molecule has 100 valence electrons. The number of nitrogens with two attached hydrogens (primary N) is 1. The molecule has 0 aromatic carbocycles. The van der Waals surface area contributed by atoms with Crippen LogP contribution in [0.3, 0.4) is 0 Å². The number of halogens is 1. The van der Waals surface area contributed by atoms with Crippen molar-refractivity contribution in [3.8, 4) is 0 Å². The summed E-state index contributed by atoms with van der Waals surface area (Å²) in [5.41, 5.74) is 5.40. The Morgan fingerprint density at radius 1 is 1.50 bits per heavy atom. The second-order valence-corrected chi connectivity index (χ2v) is 6.09. The molecule has 1 aromatic heterocycles. The van der Waals surface area contributed by atoms with Crippen molar-refractivity contribution in [2.45, 2.75) is 18.2 Å². The number of imide groups is 1. The minimum Gasteiger partial charge on any atom is -0.330 e. The molecule has 4 nitrogen and oxygen atoms in total. The van der Waals surface area contributed by atoms with Gasteiger partial charge in [-0.2, -0.15) is 0 Å². The fourth-order valence-corrected chi connectivity index (χ4v) is 3.36. The van der Waals surface area contributed by atoms with Crippen LogP contribution in [0.15, 0.2) is 17.5 Å². The third-order valence-corrected chi connectivity index (χ3v) is 4.64. The molecular formula is C11H15ClN2O2S2. The zero-order valence-corrected chi connectivity index (χ0v) is 12.2. The summed E-state index contributed by atoms with van der Waals surface area (Å²) < 4.78 is 0. The van der Waals surface area contributed by atoms with Crippen LogP contribution in [-0.4, -0.2) is 34.3 Å². The minimum absolute atomic E-state index is 0. The molecule has 2 amide bonds. The van der Waals surface area contributed by atoms with Crippen LogP contribution in [0.2, 0.25) is 0 Å². The standard InChI is InChI=1S/C11H14N2O2S2.ClH/c12-3-5-17-9-6-10(14)13(11(9)15)7-8-2-1-4-16-8;/h1-2,4,9H,3,5-7,12H2;1H. The molecule has 1 aromatic rings. The summed E-state index contributed by atoms with van der Waals surface area (Å²) >= 11 is 3.04. The highest BCUT2D eigenvalue weighted by Crippen LogP contribution is 2.26. The number of hydrogen-bond donors (Lipinski definition) is 1. The number of carbonyl (C=O) groups excluding carboxylic acids is 2. The first-order valence-electron chi connectivity index (χ1n) is 5.40. The highest BCUT2D eigenvalue weighted by atomic mass is 35.5. The second kappa shape index (κ2) is 7.13. The molecule has 18 heavy (non-hydrogen) atoms.